The van der Waals surface area contributed by atoms with Crippen LogP contribution >= 0.6 is 23.2 Å². The summed E-state index contributed by atoms with van der Waals surface area (Å²) in [6.45, 7) is 3.33. The minimum absolute atomic E-state index is 0.0164. The van der Waals surface area contributed by atoms with Gasteiger partial charge in [-0.1, -0.05) is 41.4 Å². The minimum Gasteiger partial charge on any atom is -0.306 e. The molecule has 12 heteroatoms. The molecule has 3 amide bonds. The standard InChI is InChI=1S/C20H17Cl2N5O4S/c1-11-10-16(24-12(2)23-11)27-32(30,31)15-9-8-14(17(21)18(15)22)25-20(29)26-19(28)13-6-4-3-5-7-13/h3-10H,1-2H3,(H,23,24,27)(H2,25,26,28,29). The zero-order valence-corrected chi connectivity index (χ0v) is 19.1. The molecule has 1 heterocycles. The van der Waals surface area contributed by atoms with E-state index in [1.54, 1.807) is 44.2 Å². The van der Waals surface area contributed by atoms with E-state index in [9.17, 15) is 18.0 Å². The Morgan fingerprint density at radius 3 is 2.28 bits per heavy atom. The smallest absolute Gasteiger partial charge is 0.306 e. The van der Waals surface area contributed by atoms with Gasteiger partial charge in [0.05, 0.1) is 15.7 Å². The molecule has 0 unspecified atom stereocenters. The average Bonchev–Trinajstić information content (AvgIpc) is 2.70. The Morgan fingerprint density at radius 1 is 0.938 bits per heavy atom. The highest BCUT2D eigenvalue weighted by Gasteiger charge is 2.23. The number of amides is 3. The number of anilines is 2. The molecule has 0 saturated carbocycles. The van der Waals surface area contributed by atoms with Gasteiger partial charge in [0, 0.05) is 17.3 Å². The number of rotatable bonds is 5. The lowest BCUT2D eigenvalue weighted by atomic mass is 10.2. The Morgan fingerprint density at radius 2 is 1.62 bits per heavy atom. The largest absolute Gasteiger partial charge is 0.326 e. The van der Waals surface area contributed by atoms with Crippen molar-refractivity contribution in [2.24, 2.45) is 0 Å². The summed E-state index contributed by atoms with van der Waals surface area (Å²) in [6.07, 6.45) is 0. The second-order valence-corrected chi connectivity index (χ2v) is 8.97. The molecule has 0 aliphatic rings. The van der Waals surface area contributed by atoms with Gasteiger partial charge in [0.1, 0.15) is 16.5 Å². The number of aryl methyl sites for hydroxylation is 2. The van der Waals surface area contributed by atoms with Gasteiger partial charge in [0.15, 0.2) is 0 Å². The van der Waals surface area contributed by atoms with Gasteiger partial charge in [-0.3, -0.25) is 14.8 Å². The molecule has 166 valence electrons. The number of urea groups is 1. The van der Waals surface area contributed by atoms with Crippen molar-refractivity contribution in [3.05, 3.63) is 75.7 Å². The van der Waals surface area contributed by atoms with Crippen LogP contribution in [-0.4, -0.2) is 30.3 Å². The highest BCUT2D eigenvalue weighted by atomic mass is 35.5. The monoisotopic (exact) mass is 493 g/mol. The molecule has 32 heavy (non-hydrogen) atoms. The molecule has 0 spiro atoms. The zero-order valence-electron chi connectivity index (χ0n) is 16.8. The van der Waals surface area contributed by atoms with Crippen LogP contribution in [0.1, 0.15) is 21.9 Å². The van der Waals surface area contributed by atoms with Crippen molar-refractivity contribution in [1.82, 2.24) is 15.3 Å². The van der Waals surface area contributed by atoms with Crippen LogP contribution in [0.2, 0.25) is 10.0 Å². The lowest BCUT2D eigenvalue weighted by Crippen LogP contribution is -2.34. The Bertz CT molecular complexity index is 1280. The summed E-state index contributed by atoms with van der Waals surface area (Å²) in [7, 11) is -4.14. The van der Waals surface area contributed by atoms with Gasteiger partial charge in [0.25, 0.3) is 15.9 Å². The quantitative estimate of drug-likeness (QED) is 0.488. The number of aromatic nitrogens is 2. The molecule has 3 N–H and O–H groups in total. The normalized spacial score (nSPS) is 11.0. The van der Waals surface area contributed by atoms with Gasteiger partial charge in [-0.2, -0.15) is 0 Å². The first-order valence-corrected chi connectivity index (χ1v) is 11.3. The third-order valence-corrected chi connectivity index (χ3v) is 6.44. The lowest BCUT2D eigenvalue weighted by molar-refractivity contribution is 0.0967. The zero-order chi connectivity index (χ0) is 23.5. The van der Waals surface area contributed by atoms with Crippen molar-refractivity contribution in [3.63, 3.8) is 0 Å². The number of benzene rings is 2. The van der Waals surface area contributed by atoms with Crippen molar-refractivity contribution >= 4 is 56.7 Å². The van der Waals surface area contributed by atoms with E-state index >= 15 is 0 Å². The van der Waals surface area contributed by atoms with E-state index in [1.165, 1.54) is 18.2 Å². The summed E-state index contributed by atoms with van der Waals surface area (Å²) in [5, 5.41) is 3.99. The van der Waals surface area contributed by atoms with Crippen LogP contribution in [0.25, 0.3) is 0 Å². The number of hydrogen-bond acceptors (Lipinski definition) is 6. The molecule has 0 atom stereocenters. The summed E-state index contributed by atoms with van der Waals surface area (Å²) in [5.74, 6) is -0.158. The lowest BCUT2D eigenvalue weighted by Gasteiger charge is -2.13. The molecule has 3 rings (SSSR count). The van der Waals surface area contributed by atoms with E-state index in [4.69, 9.17) is 23.2 Å². The van der Waals surface area contributed by atoms with E-state index in [-0.39, 0.29) is 32.0 Å². The van der Waals surface area contributed by atoms with Crippen LogP contribution in [0.15, 0.2) is 53.4 Å². The maximum absolute atomic E-state index is 12.8. The predicted octanol–water partition coefficient (Wildman–Crippen LogP) is 4.16. The summed E-state index contributed by atoms with van der Waals surface area (Å²) < 4.78 is 27.9. The molecular weight excluding hydrogens is 477 g/mol. The topological polar surface area (TPSA) is 130 Å². The highest BCUT2D eigenvalue weighted by Crippen LogP contribution is 2.36. The van der Waals surface area contributed by atoms with E-state index in [0.29, 0.717) is 11.5 Å². The molecule has 9 nitrogen and oxygen atoms in total. The van der Waals surface area contributed by atoms with Crippen LogP contribution in [0.3, 0.4) is 0 Å². The Kier molecular flexibility index (Phi) is 6.97. The number of carbonyl (C=O) groups is 2. The van der Waals surface area contributed by atoms with Crippen molar-refractivity contribution in [2.45, 2.75) is 18.7 Å². The van der Waals surface area contributed by atoms with E-state index in [0.717, 1.165) is 0 Å². The SMILES string of the molecule is Cc1cc(NS(=O)(=O)c2ccc(NC(=O)NC(=O)c3ccccc3)c(Cl)c2Cl)nc(C)n1. The van der Waals surface area contributed by atoms with Crippen molar-refractivity contribution in [2.75, 3.05) is 10.0 Å². The first-order chi connectivity index (χ1) is 15.1. The van der Waals surface area contributed by atoms with Crippen LogP contribution < -0.4 is 15.4 Å². The van der Waals surface area contributed by atoms with Gasteiger partial charge in [-0.05, 0) is 38.1 Å². The fourth-order valence-corrected chi connectivity index (χ4v) is 4.53. The molecule has 0 aliphatic carbocycles. The number of imide groups is 1. The maximum Gasteiger partial charge on any atom is 0.326 e. The minimum atomic E-state index is -4.14. The first-order valence-electron chi connectivity index (χ1n) is 9.07. The molecule has 3 aromatic rings. The first kappa shape index (κ1) is 23.5. The highest BCUT2D eigenvalue weighted by molar-refractivity contribution is 7.92. The molecule has 0 fully saturated rings. The number of sulfonamides is 1. The summed E-state index contributed by atoms with van der Waals surface area (Å²) >= 11 is 12.4. The Hall–Kier alpha value is -3.21. The molecule has 0 saturated heterocycles. The molecule has 0 radical (unpaired) electrons. The van der Waals surface area contributed by atoms with E-state index in [2.05, 4.69) is 25.3 Å². The van der Waals surface area contributed by atoms with Crippen LogP contribution in [0, 0.1) is 13.8 Å². The second-order valence-electron chi connectivity index (χ2n) is 6.56. The number of carbonyl (C=O) groups excluding carboxylic acids is 2. The summed E-state index contributed by atoms with van der Waals surface area (Å²) in [4.78, 5) is 32.0. The molecule has 0 bridgehead atoms. The van der Waals surface area contributed by atoms with Crippen molar-refractivity contribution in [1.29, 1.82) is 0 Å². The van der Waals surface area contributed by atoms with Gasteiger partial charge in [0.2, 0.25) is 0 Å². The fourth-order valence-electron chi connectivity index (χ4n) is 2.72. The summed E-state index contributed by atoms with van der Waals surface area (Å²) in [6, 6.07) is 11.1. The van der Waals surface area contributed by atoms with Crippen molar-refractivity contribution < 1.29 is 18.0 Å². The van der Waals surface area contributed by atoms with Gasteiger partial charge in [-0.25, -0.2) is 23.2 Å². The number of halogens is 2. The predicted molar refractivity (Wildman–Crippen MR) is 122 cm³/mol. The molecule has 0 aliphatic heterocycles. The van der Waals surface area contributed by atoms with Crippen LogP contribution in [0.4, 0.5) is 16.3 Å². The number of nitrogens with one attached hydrogen (secondary N) is 3. The fraction of sp³-hybridized carbons (Fsp3) is 0.100. The molecule has 2 aromatic carbocycles. The molecule has 1 aromatic heterocycles. The van der Waals surface area contributed by atoms with E-state index in [1.807, 2.05) is 0 Å². The number of hydrogen-bond donors (Lipinski definition) is 3. The van der Waals surface area contributed by atoms with Crippen LogP contribution in [0.5, 0.6) is 0 Å². The molecular formula is C20H17Cl2N5O4S. The van der Waals surface area contributed by atoms with Crippen LogP contribution in [-0.2, 0) is 10.0 Å². The third kappa shape index (κ3) is 5.52. The average molecular weight is 494 g/mol. The maximum atomic E-state index is 12.8. The van der Waals surface area contributed by atoms with Gasteiger partial charge < -0.3 is 5.32 Å². The Labute approximate surface area is 194 Å². The van der Waals surface area contributed by atoms with E-state index < -0.39 is 22.0 Å². The Balaban J connectivity index is 1.78. The third-order valence-electron chi connectivity index (χ3n) is 4.05. The summed E-state index contributed by atoms with van der Waals surface area (Å²) in [5.41, 5.74) is 0.882. The number of nitrogens with zero attached hydrogens (tertiary/aromatic N) is 2. The van der Waals surface area contributed by atoms with Gasteiger partial charge >= 0.3 is 6.03 Å². The second kappa shape index (κ2) is 9.51. The van der Waals surface area contributed by atoms with Gasteiger partial charge in [-0.15, -0.1) is 0 Å². The van der Waals surface area contributed by atoms with Crippen molar-refractivity contribution in [3.8, 4) is 0 Å².